The van der Waals surface area contributed by atoms with E-state index in [9.17, 15) is 4.79 Å². The molecule has 20 heavy (non-hydrogen) atoms. The molecule has 0 aliphatic carbocycles. The number of methoxy groups -OCH3 is 1. The second kappa shape index (κ2) is 7.12. The van der Waals surface area contributed by atoms with Gasteiger partial charge in [0, 0.05) is 17.2 Å². The third-order valence-corrected chi connectivity index (χ3v) is 4.05. The Bertz CT molecular complexity index is 584. The van der Waals surface area contributed by atoms with E-state index in [0.29, 0.717) is 12.1 Å². The normalized spacial score (nSPS) is 10.3. The predicted octanol–water partition coefficient (Wildman–Crippen LogP) is 3.22. The highest BCUT2D eigenvalue weighted by Gasteiger charge is 2.12. The van der Waals surface area contributed by atoms with Crippen LogP contribution in [0.3, 0.4) is 0 Å². The zero-order valence-corrected chi connectivity index (χ0v) is 12.2. The molecule has 104 valence electrons. The highest BCUT2D eigenvalue weighted by molar-refractivity contribution is 7.98. The minimum absolute atomic E-state index is 0.316. The van der Waals surface area contributed by atoms with Crippen molar-refractivity contribution < 1.29 is 9.53 Å². The summed E-state index contributed by atoms with van der Waals surface area (Å²) in [6, 6.07) is 15.7. The van der Waals surface area contributed by atoms with Crippen LogP contribution in [0, 0.1) is 0 Å². The standard InChI is InChI=1S/C16H17NO2S/c1-19-16(18)14-8-7-13(10-17)9-15(14)20-11-12-5-3-2-4-6-12/h2-9H,10-11,17H2,1H3. The Morgan fingerprint density at radius 3 is 2.55 bits per heavy atom. The van der Waals surface area contributed by atoms with E-state index in [0.717, 1.165) is 16.2 Å². The molecule has 0 radical (unpaired) electrons. The summed E-state index contributed by atoms with van der Waals surface area (Å²) in [5, 5.41) is 0. The molecule has 0 heterocycles. The number of esters is 1. The minimum atomic E-state index is -0.316. The molecule has 0 amide bonds. The fourth-order valence-electron chi connectivity index (χ4n) is 1.83. The number of carbonyl (C=O) groups is 1. The van der Waals surface area contributed by atoms with Crippen LogP contribution in [0.25, 0.3) is 0 Å². The van der Waals surface area contributed by atoms with Crippen LogP contribution >= 0.6 is 11.8 Å². The first kappa shape index (κ1) is 14.6. The van der Waals surface area contributed by atoms with E-state index in [2.05, 4.69) is 12.1 Å². The van der Waals surface area contributed by atoms with Crippen molar-refractivity contribution in [1.29, 1.82) is 0 Å². The van der Waals surface area contributed by atoms with Crippen molar-refractivity contribution in [2.45, 2.75) is 17.2 Å². The first-order chi connectivity index (χ1) is 9.74. The summed E-state index contributed by atoms with van der Waals surface area (Å²) in [6.45, 7) is 0.459. The maximum absolute atomic E-state index is 11.8. The molecule has 2 aromatic carbocycles. The van der Waals surface area contributed by atoms with Gasteiger partial charge in [-0.25, -0.2) is 4.79 Å². The highest BCUT2D eigenvalue weighted by Crippen LogP contribution is 2.28. The Kier molecular flexibility index (Phi) is 5.21. The topological polar surface area (TPSA) is 52.3 Å². The van der Waals surface area contributed by atoms with Crippen LogP contribution in [0.2, 0.25) is 0 Å². The first-order valence-electron chi connectivity index (χ1n) is 6.32. The van der Waals surface area contributed by atoms with Crippen LogP contribution in [0.5, 0.6) is 0 Å². The molecular weight excluding hydrogens is 270 g/mol. The fraction of sp³-hybridized carbons (Fsp3) is 0.188. The average molecular weight is 287 g/mol. The van der Waals surface area contributed by atoms with Gasteiger partial charge in [-0.05, 0) is 23.3 Å². The summed E-state index contributed by atoms with van der Waals surface area (Å²) in [6.07, 6.45) is 0. The lowest BCUT2D eigenvalue weighted by Crippen LogP contribution is -2.05. The Hall–Kier alpha value is -1.78. The zero-order valence-electron chi connectivity index (χ0n) is 11.3. The molecule has 4 heteroatoms. The van der Waals surface area contributed by atoms with Crippen molar-refractivity contribution in [2.75, 3.05) is 7.11 Å². The molecule has 3 nitrogen and oxygen atoms in total. The number of carbonyl (C=O) groups excluding carboxylic acids is 1. The number of thioether (sulfide) groups is 1. The van der Waals surface area contributed by atoms with Gasteiger partial charge in [-0.3, -0.25) is 0 Å². The SMILES string of the molecule is COC(=O)c1ccc(CN)cc1SCc1ccccc1. The lowest BCUT2D eigenvalue weighted by molar-refractivity contribution is 0.0597. The van der Waals surface area contributed by atoms with Gasteiger partial charge in [0.15, 0.2) is 0 Å². The summed E-state index contributed by atoms with van der Waals surface area (Å²) in [5.41, 5.74) is 8.47. The van der Waals surface area contributed by atoms with E-state index in [1.807, 2.05) is 30.3 Å². The largest absolute Gasteiger partial charge is 0.465 e. The Labute approximate surface area is 123 Å². The van der Waals surface area contributed by atoms with Crippen molar-refractivity contribution in [2.24, 2.45) is 5.73 Å². The monoisotopic (exact) mass is 287 g/mol. The second-order valence-electron chi connectivity index (χ2n) is 4.30. The van der Waals surface area contributed by atoms with Crippen molar-refractivity contribution in [1.82, 2.24) is 0 Å². The van der Waals surface area contributed by atoms with Crippen molar-refractivity contribution in [3.05, 3.63) is 65.2 Å². The molecule has 0 aromatic heterocycles. The van der Waals surface area contributed by atoms with Gasteiger partial charge in [-0.2, -0.15) is 0 Å². The Morgan fingerprint density at radius 1 is 1.15 bits per heavy atom. The van der Waals surface area contributed by atoms with Gasteiger partial charge in [-0.15, -0.1) is 11.8 Å². The number of nitrogens with two attached hydrogens (primary N) is 1. The summed E-state index contributed by atoms with van der Waals surface area (Å²) in [5.74, 6) is 0.489. The molecule has 0 spiro atoms. The van der Waals surface area contributed by atoms with Crippen LogP contribution in [-0.4, -0.2) is 13.1 Å². The van der Waals surface area contributed by atoms with E-state index in [1.54, 1.807) is 17.8 Å². The number of hydrogen-bond acceptors (Lipinski definition) is 4. The summed E-state index contributed by atoms with van der Waals surface area (Å²) >= 11 is 1.62. The molecule has 2 aromatic rings. The molecule has 0 unspecified atom stereocenters. The van der Waals surface area contributed by atoms with Gasteiger partial charge in [-0.1, -0.05) is 36.4 Å². The van der Waals surface area contributed by atoms with Crippen LogP contribution in [0.1, 0.15) is 21.5 Å². The van der Waals surface area contributed by atoms with Gasteiger partial charge in [0.05, 0.1) is 12.7 Å². The number of ether oxygens (including phenoxy) is 1. The van der Waals surface area contributed by atoms with Gasteiger partial charge >= 0.3 is 5.97 Å². The molecule has 0 bridgehead atoms. The molecular formula is C16H17NO2S. The maximum atomic E-state index is 11.8. The molecule has 0 atom stereocenters. The first-order valence-corrected chi connectivity index (χ1v) is 7.31. The van der Waals surface area contributed by atoms with Crippen molar-refractivity contribution >= 4 is 17.7 Å². The van der Waals surface area contributed by atoms with Gasteiger partial charge in [0.25, 0.3) is 0 Å². The minimum Gasteiger partial charge on any atom is -0.465 e. The average Bonchev–Trinajstić information content (AvgIpc) is 2.52. The quantitative estimate of drug-likeness (QED) is 0.677. The van der Waals surface area contributed by atoms with Crippen LogP contribution in [-0.2, 0) is 17.0 Å². The van der Waals surface area contributed by atoms with Crippen LogP contribution in [0.4, 0.5) is 0 Å². The Balaban J connectivity index is 2.21. The van der Waals surface area contributed by atoms with Crippen LogP contribution in [0.15, 0.2) is 53.4 Å². The molecule has 2 rings (SSSR count). The van der Waals surface area contributed by atoms with Gasteiger partial charge in [0.1, 0.15) is 0 Å². The summed E-state index contributed by atoms with van der Waals surface area (Å²) < 4.78 is 4.82. The van der Waals surface area contributed by atoms with E-state index in [1.165, 1.54) is 12.7 Å². The molecule has 2 N–H and O–H groups in total. The summed E-state index contributed by atoms with van der Waals surface area (Å²) in [4.78, 5) is 12.7. The predicted molar refractivity (Wildman–Crippen MR) is 81.7 cm³/mol. The van der Waals surface area contributed by atoms with E-state index in [-0.39, 0.29) is 5.97 Å². The lowest BCUT2D eigenvalue weighted by atomic mass is 10.1. The van der Waals surface area contributed by atoms with E-state index >= 15 is 0 Å². The smallest absolute Gasteiger partial charge is 0.338 e. The lowest BCUT2D eigenvalue weighted by Gasteiger charge is -2.09. The zero-order chi connectivity index (χ0) is 14.4. The van der Waals surface area contributed by atoms with Gasteiger partial charge < -0.3 is 10.5 Å². The number of hydrogen-bond donors (Lipinski definition) is 1. The molecule has 0 saturated heterocycles. The molecule has 0 aliphatic heterocycles. The van der Waals surface area contributed by atoms with Crippen LogP contribution < -0.4 is 5.73 Å². The van der Waals surface area contributed by atoms with Gasteiger partial charge in [0.2, 0.25) is 0 Å². The van der Waals surface area contributed by atoms with E-state index < -0.39 is 0 Å². The van der Waals surface area contributed by atoms with E-state index in [4.69, 9.17) is 10.5 Å². The number of benzene rings is 2. The molecule has 0 aliphatic rings. The third kappa shape index (κ3) is 3.62. The van der Waals surface area contributed by atoms with Crippen molar-refractivity contribution in [3.63, 3.8) is 0 Å². The Morgan fingerprint density at radius 2 is 1.90 bits per heavy atom. The molecule has 0 saturated carbocycles. The molecule has 0 fully saturated rings. The van der Waals surface area contributed by atoms with Crippen molar-refractivity contribution in [3.8, 4) is 0 Å². The maximum Gasteiger partial charge on any atom is 0.338 e. The number of rotatable bonds is 5. The third-order valence-electron chi connectivity index (χ3n) is 2.92. The highest BCUT2D eigenvalue weighted by atomic mass is 32.2. The summed E-state index contributed by atoms with van der Waals surface area (Å²) in [7, 11) is 1.39. The fourth-order valence-corrected chi connectivity index (χ4v) is 2.88. The second-order valence-corrected chi connectivity index (χ2v) is 5.32.